The van der Waals surface area contributed by atoms with Gasteiger partial charge in [0.15, 0.2) is 0 Å². The number of benzene rings is 1. The average molecular weight is 205 g/mol. The monoisotopic (exact) mass is 205 g/mol. The fraction of sp³-hybridized carbons (Fsp3) is 0.333. The van der Waals surface area contributed by atoms with Crippen LogP contribution in [-0.4, -0.2) is 13.5 Å². The molecule has 0 aliphatic heterocycles. The van der Waals surface area contributed by atoms with Gasteiger partial charge in [-0.05, 0) is 6.07 Å². The van der Waals surface area contributed by atoms with Gasteiger partial charge in [-0.15, -0.1) is 0 Å². The summed E-state index contributed by atoms with van der Waals surface area (Å²) < 4.78 is 41.9. The Morgan fingerprint density at radius 1 is 1.36 bits per heavy atom. The Bertz CT molecular complexity index is 317. The third kappa shape index (κ3) is 2.17. The lowest BCUT2D eigenvalue weighted by atomic mass is 10.1. The molecule has 0 saturated carbocycles. The van der Waals surface area contributed by atoms with Crippen LogP contribution < -0.4 is 10.5 Å². The number of alkyl halides is 2. The van der Waals surface area contributed by atoms with Crippen LogP contribution in [-0.2, 0) is 0 Å². The standard InChI is InChI=1S/C9H10F3NO/c1-14-7-4-5(10)2-3-6(7)8(13)9(11)12/h2-4,8-9H,13H2,1H3/t8-/m0/s1. The van der Waals surface area contributed by atoms with Crippen molar-refractivity contribution in [2.75, 3.05) is 7.11 Å². The maximum atomic E-state index is 12.7. The molecule has 0 heterocycles. The lowest BCUT2D eigenvalue weighted by molar-refractivity contribution is 0.115. The Balaban J connectivity index is 3.07. The second-order valence-electron chi connectivity index (χ2n) is 2.75. The van der Waals surface area contributed by atoms with Crippen LogP contribution in [0.5, 0.6) is 5.75 Å². The Morgan fingerprint density at radius 2 is 2.00 bits per heavy atom. The van der Waals surface area contributed by atoms with Crippen molar-refractivity contribution in [1.82, 2.24) is 0 Å². The van der Waals surface area contributed by atoms with Crippen molar-refractivity contribution in [1.29, 1.82) is 0 Å². The van der Waals surface area contributed by atoms with E-state index in [1.807, 2.05) is 0 Å². The van der Waals surface area contributed by atoms with Crippen LogP contribution in [0.15, 0.2) is 18.2 Å². The minimum absolute atomic E-state index is 0.0396. The molecule has 1 atom stereocenters. The molecule has 0 aliphatic carbocycles. The summed E-state index contributed by atoms with van der Waals surface area (Å²) in [5, 5.41) is 0. The topological polar surface area (TPSA) is 35.2 Å². The fourth-order valence-corrected chi connectivity index (χ4v) is 1.10. The number of hydrogen-bond donors (Lipinski definition) is 1. The summed E-state index contributed by atoms with van der Waals surface area (Å²) in [4.78, 5) is 0. The molecule has 78 valence electrons. The molecule has 1 aromatic carbocycles. The van der Waals surface area contributed by atoms with E-state index in [4.69, 9.17) is 10.5 Å². The molecule has 5 heteroatoms. The molecule has 0 saturated heterocycles. The molecule has 0 fully saturated rings. The maximum absolute atomic E-state index is 12.7. The van der Waals surface area contributed by atoms with Gasteiger partial charge in [0.2, 0.25) is 0 Å². The zero-order chi connectivity index (χ0) is 10.7. The molecule has 14 heavy (non-hydrogen) atoms. The number of nitrogens with two attached hydrogens (primary N) is 1. The smallest absolute Gasteiger partial charge is 0.257 e. The van der Waals surface area contributed by atoms with Gasteiger partial charge in [0.1, 0.15) is 11.6 Å². The highest BCUT2D eigenvalue weighted by atomic mass is 19.3. The van der Waals surface area contributed by atoms with E-state index in [-0.39, 0.29) is 11.3 Å². The highest BCUT2D eigenvalue weighted by molar-refractivity contribution is 5.36. The van der Waals surface area contributed by atoms with Gasteiger partial charge in [-0.3, -0.25) is 0 Å². The molecule has 1 aromatic rings. The van der Waals surface area contributed by atoms with E-state index < -0.39 is 18.3 Å². The highest BCUT2D eigenvalue weighted by Crippen LogP contribution is 2.27. The largest absolute Gasteiger partial charge is 0.496 e. The normalized spacial score (nSPS) is 13.0. The number of ether oxygens (including phenoxy) is 1. The van der Waals surface area contributed by atoms with E-state index in [2.05, 4.69) is 0 Å². The Hall–Kier alpha value is -1.23. The van der Waals surface area contributed by atoms with Crippen molar-refractivity contribution in [3.05, 3.63) is 29.6 Å². The van der Waals surface area contributed by atoms with Gasteiger partial charge >= 0.3 is 0 Å². The van der Waals surface area contributed by atoms with E-state index in [1.54, 1.807) is 0 Å². The third-order valence-electron chi connectivity index (χ3n) is 1.83. The van der Waals surface area contributed by atoms with Crippen molar-refractivity contribution in [2.45, 2.75) is 12.5 Å². The maximum Gasteiger partial charge on any atom is 0.257 e. The zero-order valence-corrected chi connectivity index (χ0v) is 7.51. The average Bonchev–Trinajstić information content (AvgIpc) is 2.16. The number of methoxy groups -OCH3 is 1. The van der Waals surface area contributed by atoms with Gasteiger partial charge in [-0.25, -0.2) is 13.2 Å². The van der Waals surface area contributed by atoms with Crippen LogP contribution in [0, 0.1) is 5.82 Å². The van der Waals surface area contributed by atoms with Gasteiger partial charge in [0, 0.05) is 11.6 Å². The Kier molecular flexibility index (Phi) is 3.35. The molecular formula is C9H10F3NO. The predicted molar refractivity (Wildman–Crippen MR) is 45.9 cm³/mol. The van der Waals surface area contributed by atoms with Crippen molar-refractivity contribution < 1.29 is 17.9 Å². The Labute approximate surface area is 79.5 Å². The molecule has 0 spiro atoms. The van der Waals surface area contributed by atoms with E-state index >= 15 is 0 Å². The molecule has 0 unspecified atom stereocenters. The molecule has 2 N–H and O–H groups in total. The number of rotatable bonds is 3. The summed E-state index contributed by atoms with van der Waals surface area (Å²) in [5.41, 5.74) is 5.31. The van der Waals surface area contributed by atoms with Crippen LogP contribution in [0.1, 0.15) is 11.6 Å². The van der Waals surface area contributed by atoms with Crippen molar-refractivity contribution in [2.24, 2.45) is 5.73 Å². The quantitative estimate of drug-likeness (QED) is 0.820. The van der Waals surface area contributed by atoms with E-state index in [0.29, 0.717) is 0 Å². The summed E-state index contributed by atoms with van der Waals surface area (Å²) in [6.07, 6.45) is -2.70. The number of hydrogen-bond acceptors (Lipinski definition) is 2. The van der Waals surface area contributed by atoms with Crippen LogP contribution in [0.3, 0.4) is 0 Å². The van der Waals surface area contributed by atoms with Crippen LogP contribution in [0.25, 0.3) is 0 Å². The molecule has 0 bridgehead atoms. The SMILES string of the molecule is COc1cc(F)ccc1[C@H](N)C(F)F. The van der Waals surface area contributed by atoms with Gasteiger partial charge in [0.05, 0.1) is 13.2 Å². The first kappa shape index (κ1) is 10.8. The summed E-state index contributed by atoms with van der Waals surface area (Å²) in [7, 11) is 1.27. The van der Waals surface area contributed by atoms with Crippen LogP contribution >= 0.6 is 0 Å². The first-order valence-electron chi connectivity index (χ1n) is 3.93. The van der Waals surface area contributed by atoms with E-state index in [9.17, 15) is 13.2 Å². The molecular weight excluding hydrogens is 195 g/mol. The van der Waals surface area contributed by atoms with E-state index in [1.165, 1.54) is 13.2 Å². The first-order chi connectivity index (χ1) is 6.56. The van der Waals surface area contributed by atoms with Crippen LogP contribution in [0.4, 0.5) is 13.2 Å². The van der Waals surface area contributed by atoms with Crippen molar-refractivity contribution in [3.63, 3.8) is 0 Å². The molecule has 1 rings (SSSR count). The second-order valence-corrected chi connectivity index (χ2v) is 2.75. The van der Waals surface area contributed by atoms with Gasteiger partial charge in [-0.1, -0.05) is 6.07 Å². The highest BCUT2D eigenvalue weighted by Gasteiger charge is 2.21. The minimum atomic E-state index is -2.70. The van der Waals surface area contributed by atoms with Crippen molar-refractivity contribution in [3.8, 4) is 5.75 Å². The van der Waals surface area contributed by atoms with E-state index in [0.717, 1.165) is 12.1 Å². The van der Waals surface area contributed by atoms with Crippen LogP contribution in [0.2, 0.25) is 0 Å². The fourth-order valence-electron chi connectivity index (χ4n) is 1.10. The summed E-state index contributed by atoms with van der Waals surface area (Å²) >= 11 is 0. The lowest BCUT2D eigenvalue weighted by Crippen LogP contribution is -2.19. The summed E-state index contributed by atoms with van der Waals surface area (Å²) in [5.74, 6) is -0.509. The van der Waals surface area contributed by atoms with Crippen molar-refractivity contribution >= 4 is 0 Å². The molecule has 2 nitrogen and oxygen atoms in total. The molecule has 0 aromatic heterocycles. The third-order valence-corrected chi connectivity index (χ3v) is 1.83. The molecule has 0 aliphatic rings. The second kappa shape index (κ2) is 4.32. The van der Waals surface area contributed by atoms with Gasteiger partial charge < -0.3 is 10.5 Å². The van der Waals surface area contributed by atoms with Gasteiger partial charge in [-0.2, -0.15) is 0 Å². The summed E-state index contributed by atoms with van der Waals surface area (Å²) in [6, 6.07) is 1.84. The molecule has 0 amide bonds. The predicted octanol–water partition coefficient (Wildman–Crippen LogP) is 2.10. The minimum Gasteiger partial charge on any atom is -0.496 e. The van der Waals surface area contributed by atoms with Gasteiger partial charge in [0.25, 0.3) is 6.43 Å². The number of halogens is 3. The summed E-state index contributed by atoms with van der Waals surface area (Å²) in [6.45, 7) is 0. The lowest BCUT2D eigenvalue weighted by Gasteiger charge is -2.14. The Morgan fingerprint density at radius 3 is 2.50 bits per heavy atom. The first-order valence-corrected chi connectivity index (χ1v) is 3.93. The molecule has 0 radical (unpaired) electrons. The zero-order valence-electron chi connectivity index (χ0n) is 7.51.